The van der Waals surface area contributed by atoms with E-state index in [4.69, 9.17) is 4.84 Å². The Bertz CT molecular complexity index is 1020. The molecule has 0 aliphatic heterocycles. The molecule has 0 saturated carbocycles. The number of hydrogen-bond acceptors (Lipinski definition) is 5. The second-order valence-corrected chi connectivity index (χ2v) is 6.52. The van der Waals surface area contributed by atoms with E-state index in [2.05, 4.69) is 39.7 Å². The second-order valence-electron chi connectivity index (χ2n) is 6.52. The molecule has 0 fully saturated rings. The lowest BCUT2D eigenvalue weighted by Crippen LogP contribution is -2.20. The molecule has 2 aromatic carbocycles. The molecule has 0 saturated heterocycles. The van der Waals surface area contributed by atoms with Gasteiger partial charge in [0, 0.05) is 0 Å². The number of aromatic nitrogens is 6. The van der Waals surface area contributed by atoms with Crippen LogP contribution < -0.4 is 4.84 Å². The molecular weight excluding hydrogens is 316 g/mol. The summed E-state index contributed by atoms with van der Waals surface area (Å²) in [5.74, 6) is 0. The quantitative estimate of drug-likeness (QED) is 0.560. The standard InChI is InChI=1S/C18H20N6O/c1-12(2)25-24-18-11-14(8-9-16(18)20-22-24)10-13(3)23-17-7-5-4-6-15(17)19-21-23/h4-9,11-13H,10H2,1-3H3. The molecule has 0 N–H and O–H groups in total. The van der Waals surface area contributed by atoms with Crippen molar-refractivity contribution in [3.63, 3.8) is 0 Å². The maximum absolute atomic E-state index is 5.67. The van der Waals surface area contributed by atoms with Gasteiger partial charge in [-0.15, -0.1) is 10.2 Å². The van der Waals surface area contributed by atoms with Crippen LogP contribution in [0.1, 0.15) is 32.4 Å². The molecule has 4 rings (SSSR count). The zero-order valence-corrected chi connectivity index (χ0v) is 14.5. The molecule has 2 heterocycles. The van der Waals surface area contributed by atoms with Gasteiger partial charge in [0.05, 0.1) is 11.6 Å². The highest BCUT2D eigenvalue weighted by molar-refractivity contribution is 5.75. The van der Waals surface area contributed by atoms with Crippen LogP contribution in [0.5, 0.6) is 0 Å². The molecule has 0 amide bonds. The van der Waals surface area contributed by atoms with Crippen molar-refractivity contribution >= 4 is 22.1 Å². The normalized spacial score (nSPS) is 13.0. The maximum atomic E-state index is 5.67. The Morgan fingerprint density at radius 1 is 0.920 bits per heavy atom. The highest BCUT2D eigenvalue weighted by Gasteiger charge is 2.13. The van der Waals surface area contributed by atoms with Crippen LogP contribution in [0.4, 0.5) is 0 Å². The van der Waals surface area contributed by atoms with Crippen LogP contribution in [0.2, 0.25) is 0 Å². The average Bonchev–Trinajstić information content (AvgIpc) is 3.19. The van der Waals surface area contributed by atoms with Crippen LogP contribution in [0.15, 0.2) is 42.5 Å². The first-order valence-corrected chi connectivity index (χ1v) is 8.43. The second kappa shape index (κ2) is 6.16. The Labute approximate surface area is 145 Å². The van der Waals surface area contributed by atoms with Crippen LogP contribution >= 0.6 is 0 Å². The summed E-state index contributed by atoms with van der Waals surface area (Å²) >= 11 is 0. The molecule has 128 valence electrons. The molecule has 0 bridgehead atoms. The zero-order chi connectivity index (χ0) is 17.4. The summed E-state index contributed by atoms with van der Waals surface area (Å²) in [6.45, 7) is 6.08. The molecule has 0 aliphatic carbocycles. The van der Waals surface area contributed by atoms with Crippen molar-refractivity contribution in [2.24, 2.45) is 0 Å². The van der Waals surface area contributed by atoms with Gasteiger partial charge in [0.2, 0.25) is 0 Å². The lowest BCUT2D eigenvalue weighted by Gasteiger charge is -2.13. The Morgan fingerprint density at radius 3 is 2.52 bits per heavy atom. The summed E-state index contributed by atoms with van der Waals surface area (Å²) in [5, 5.41) is 16.8. The van der Waals surface area contributed by atoms with Gasteiger partial charge in [0.25, 0.3) is 0 Å². The highest BCUT2D eigenvalue weighted by atomic mass is 16.7. The molecule has 0 aliphatic rings. The van der Waals surface area contributed by atoms with E-state index in [-0.39, 0.29) is 12.1 Å². The molecule has 4 aromatic rings. The van der Waals surface area contributed by atoms with Crippen LogP contribution in [-0.4, -0.2) is 36.3 Å². The first-order chi connectivity index (χ1) is 12.1. The number of para-hydroxylation sites is 1. The summed E-state index contributed by atoms with van der Waals surface area (Å²) in [4.78, 5) is 7.17. The van der Waals surface area contributed by atoms with Crippen molar-refractivity contribution in [3.05, 3.63) is 48.0 Å². The van der Waals surface area contributed by atoms with Gasteiger partial charge < -0.3 is 4.84 Å². The first kappa shape index (κ1) is 15.6. The fraction of sp³-hybridized carbons (Fsp3) is 0.333. The van der Waals surface area contributed by atoms with Gasteiger partial charge in [0.15, 0.2) is 0 Å². The third-order valence-corrected chi connectivity index (χ3v) is 4.12. The largest absolute Gasteiger partial charge is 0.392 e. The van der Waals surface area contributed by atoms with Gasteiger partial charge in [-0.25, -0.2) is 4.68 Å². The van der Waals surface area contributed by atoms with E-state index in [1.165, 1.54) is 10.4 Å². The number of hydrogen-bond donors (Lipinski definition) is 0. The smallest absolute Gasteiger partial charge is 0.131 e. The third kappa shape index (κ3) is 2.93. The molecule has 0 spiro atoms. The van der Waals surface area contributed by atoms with Gasteiger partial charge in [-0.05, 0) is 62.2 Å². The Morgan fingerprint density at radius 2 is 1.68 bits per heavy atom. The predicted octanol–water partition coefficient (Wildman–Crippen LogP) is 2.82. The summed E-state index contributed by atoms with van der Waals surface area (Å²) < 4.78 is 1.97. The van der Waals surface area contributed by atoms with Crippen molar-refractivity contribution < 1.29 is 4.84 Å². The average molecular weight is 336 g/mol. The fourth-order valence-electron chi connectivity index (χ4n) is 2.99. The topological polar surface area (TPSA) is 70.7 Å². The van der Waals surface area contributed by atoms with Gasteiger partial charge in [-0.1, -0.05) is 28.3 Å². The third-order valence-electron chi connectivity index (χ3n) is 4.12. The summed E-state index contributed by atoms with van der Waals surface area (Å²) in [6.07, 6.45) is 0.866. The molecule has 25 heavy (non-hydrogen) atoms. The number of fused-ring (bicyclic) bond motifs is 2. The minimum atomic E-state index is 0.0361. The molecule has 1 atom stereocenters. The van der Waals surface area contributed by atoms with Crippen molar-refractivity contribution in [1.82, 2.24) is 30.2 Å². The maximum Gasteiger partial charge on any atom is 0.131 e. The Balaban J connectivity index is 1.63. The van der Waals surface area contributed by atoms with E-state index in [1.54, 1.807) is 0 Å². The molecule has 1 unspecified atom stereocenters. The van der Waals surface area contributed by atoms with Crippen LogP contribution in [0.25, 0.3) is 22.1 Å². The summed E-state index contributed by atoms with van der Waals surface area (Å²) in [5.41, 5.74) is 4.84. The van der Waals surface area contributed by atoms with Crippen molar-refractivity contribution in [2.75, 3.05) is 0 Å². The highest BCUT2D eigenvalue weighted by Crippen LogP contribution is 2.21. The summed E-state index contributed by atoms with van der Waals surface area (Å²) in [7, 11) is 0. The van der Waals surface area contributed by atoms with E-state index >= 15 is 0 Å². The van der Waals surface area contributed by atoms with Gasteiger partial charge >= 0.3 is 0 Å². The van der Waals surface area contributed by atoms with Gasteiger partial charge in [-0.2, -0.15) is 0 Å². The minimum Gasteiger partial charge on any atom is -0.392 e. The van der Waals surface area contributed by atoms with Gasteiger partial charge in [-0.3, -0.25) is 0 Å². The lowest BCUT2D eigenvalue weighted by atomic mass is 10.1. The van der Waals surface area contributed by atoms with Crippen LogP contribution in [0.3, 0.4) is 0 Å². The Kier molecular flexibility index (Phi) is 3.83. The monoisotopic (exact) mass is 336 g/mol. The van der Waals surface area contributed by atoms with E-state index in [1.807, 2.05) is 48.9 Å². The minimum absolute atomic E-state index is 0.0361. The molecule has 7 heteroatoms. The predicted molar refractivity (Wildman–Crippen MR) is 95.2 cm³/mol. The fourth-order valence-corrected chi connectivity index (χ4v) is 2.99. The van der Waals surface area contributed by atoms with Crippen LogP contribution in [-0.2, 0) is 6.42 Å². The molecule has 2 aromatic heterocycles. The molecule has 7 nitrogen and oxygen atoms in total. The van der Waals surface area contributed by atoms with E-state index in [0.717, 1.165) is 28.5 Å². The van der Waals surface area contributed by atoms with Crippen molar-refractivity contribution in [3.8, 4) is 0 Å². The Hall–Kier alpha value is -2.96. The lowest BCUT2D eigenvalue weighted by molar-refractivity contribution is 0.0408. The number of rotatable bonds is 5. The SMILES string of the molecule is CC(C)On1nnc2ccc(CC(C)n3nnc4ccccc43)cc21. The van der Waals surface area contributed by atoms with Gasteiger partial charge in [0.1, 0.15) is 22.7 Å². The zero-order valence-electron chi connectivity index (χ0n) is 14.5. The number of nitrogens with zero attached hydrogens (tertiary/aromatic N) is 6. The summed E-state index contributed by atoms with van der Waals surface area (Å²) in [6, 6.07) is 14.3. The molecule has 0 radical (unpaired) electrons. The van der Waals surface area contributed by atoms with Crippen molar-refractivity contribution in [2.45, 2.75) is 39.3 Å². The van der Waals surface area contributed by atoms with E-state index < -0.39 is 0 Å². The molecular formula is C18H20N6O. The van der Waals surface area contributed by atoms with Crippen LogP contribution in [0, 0.1) is 0 Å². The van der Waals surface area contributed by atoms with Crippen molar-refractivity contribution in [1.29, 1.82) is 0 Å². The van der Waals surface area contributed by atoms with E-state index in [0.29, 0.717) is 0 Å². The number of benzene rings is 2. The first-order valence-electron chi connectivity index (χ1n) is 8.43. The van der Waals surface area contributed by atoms with E-state index in [9.17, 15) is 0 Å².